The van der Waals surface area contributed by atoms with Gasteiger partial charge in [0.05, 0.1) is 16.5 Å². The Hall–Kier alpha value is -3.42. The standard InChI is InChI=1S/C28H32N4O6S2/c1-36-19-32-23(27(33)30-17-24(28(37-2)38-3)39-18-20-10-5-4-6-11-20)16-21-12-9-13-22(26(21)32)31-40(34,35)25-14-7-8-15-29-25/h4-16,24,28,31H,17-19H2,1-3H3,(H,30,33). The number of rotatable bonds is 14. The number of carbonyl (C=O) groups is 1. The highest BCUT2D eigenvalue weighted by molar-refractivity contribution is 7.99. The molecule has 0 fully saturated rings. The number of nitrogens with one attached hydrogen (secondary N) is 2. The fraction of sp³-hybridized carbons (Fsp3) is 0.286. The zero-order valence-electron chi connectivity index (χ0n) is 22.4. The maximum atomic E-state index is 13.5. The highest BCUT2D eigenvalue weighted by atomic mass is 32.2. The van der Waals surface area contributed by atoms with Crippen LogP contribution in [0.3, 0.4) is 0 Å². The summed E-state index contributed by atoms with van der Waals surface area (Å²) in [7, 11) is 0.677. The summed E-state index contributed by atoms with van der Waals surface area (Å²) in [5, 5.41) is 3.36. The molecule has 0 bridgehead atoms. The van der Waals surface area contributed by atoms with E-state index in [1.165, 1.54) is 19.4 Å². The molecule has 2 N–H and O–H groups in total. The summed E-state index contributed by atoms with van der Waals surface area (Å²) >= 11 is 1.62. The van der Waals surface area contributed by atoms with Gasteiger partial charge in [-0.25, -0.2) is 4.98 Å². The normalized spacial score (nSPS) is 12.5. The highest BCUT2D eigenvalue weighted by Crippen LogP contribution is 2.29. The molecular weight excluding hydrogens is 552 g/mol. The van der Waals surface area contributed by atoms with Crippen molar-refractivity contribution in [2.75, 3.05) is 32.6 Å². The molecule has 0 saturated carbocycles. The smallest absolute Gasteiger partial charge is 0.279 e. The van der Waals surface area contributed by atoms with Crippen molar-refractivity contribution in [1.82, 2.24) is 14.9 Å². The van der Waals surface area contributed by atoms with E-state index in [1.54, 1.807) is 66.9 Å². The predicted molar refractivity (Wildman–Crippen MR) is 156 cm³/mol. The van der Waals surface area contributed by atoms with Crippen molar-refractivity contribution < 1.29 is 27.4 Å². The lowest BCUT2D eigenvalue weighted by molar-refractivity contribution is -0.101. The summed E-state index contributed by atoms with van der Waals surface area (Å²) in [6, 6.07) is 21.5. The molecule has 0 aliphatic rings. The van der Waals surface area contributed by atoms with Gasteiger partial charge in [-0.2, -0.15) is 8.42 Å². The molecule has 0 radical (unpaired) electrons. The van der Waals surface area contributed by atoms with Gasteiger partial charge in [0.2, 0.25) is 0 Å². The molecule has 4 rings (SSSR count). The van der Waals surface area contributed by atoms with E-state index in [2.05, 4.69) is 15.0 Å². The van der Waals surface area contributed by atoms with E-state index < -0.39 is 16.3 Å². The summed E-state index contributed by atoms with van der Waals surface area (Å²) < 4.78 is 46.6. The number of aromatic nitrogens is 2. The molecule has 2 aromatic heterocycles. The number of carbonyl (C=O) groups excluding carboxylic acids is 1. The first kappa shape index (κ1) is 29.6. The van der Waals surface area contributed by atoms with Crippen molar-refractivity contribution in [3.8, 4) is 0 Å². The quantitative estimate of drug-likeness (QED) is 0.213. The minimum Gasteiger partial charge on any atom is -0.364 e. The molecule has 0 spiro atoms. The van der Waals surface area contributed by atoms with Crippen molar-refractivity contribution >= 4 is 44.3 Å². The SMILES string of the molecule is COCn1c(C(=O)NCC(SCc2ccccc2)C(OC)OC)cc2cccc(NS(=O)(=O)c3ccccn3)c21. The first-order valence-corrected chi connectivity index (χ1v) is 15.0. The summed E-state index contributed by atoms with van der Waals surface area (Å²) in [5.41, 5.74) is 2.28. The van der Waals surface area contributed by atoms with Crippen LogP contribution in [0.2, 0.25) is 0 Å². The molecule has 1 atom stereocenters. The van der Waals surface area contributed by atoms with Crippen molar-refractivity contribution in [3.05, 3.63) is 90.3 Å². The van der Waals surface area contributed by atoms with Gasteiger partial charge < -0.3 is 24.1 Å². The zero-order valence-corrected chi connectivity index (χ0v) is 24.1. The third-order valence-electron chi connectivity index (χ3n) is 6.11. The number of amides is 1. The van der Waals surface area contributed by atoms with Crippen LogP contribution in [0.25, 0.3) is 10.9 Å². The summed E-state index contributed by atoms with van der Waals surface area (Å²) in [4.78, 5) is 17.4. The number of benzene rings is 2. The monoisotopic (exact) mass is 584 g/mol. The fourth-order valence-electron chi connectivity index (χ4n) is 4.26. The molecule has 0 aliphatic heterocycles. The molecule has 40 heavy (non-hydrogen) atoms. The predicted octanol–water partition coefficient (Wildman–Crippen LogP) is 4.09. The molecule has 0 aliphatic carbocycles. The maximum Gasteiger partial charge on any atom is 0.279 e. The number of nitrogens with zero attached hydrogens (tertiary/aromatic N) is 2. The average molecular weight is 585 g/mol. The van der Waals surface area contributed by atoms with Gasteiger partial charge in [-0.05, 0) is 29.8 Å². The first-order valence-electron chi connectivity index (χ1n) is 12.4. The van der Waals surface area contributed by atoms with E-state index in [0.29, 0.717) is 28.0 Å². The van der Waals surface area contributed by atoms with Gasteiger partial charge in [-0.1, -0.05) is 48.5 Å². The number of methoxy groups -OCH3 is 3. The van der Waals surface area contributed by atoms with Crippen LogP contribution in [-0.4, -0.2) is 63.3 Å². The Bertz CT molecular complexity index is 1510. The van der Waals surface area contributed by atoms with Gasteiger partial charge in [-0.3, -0.25) is 9.52 Å². The Balaban J connectivity index is 1.59. The third-order valence-corrected chi connectivity index (χ3v) is 8.71. The Morgan fingerprint density at radius 1 is 1.00 bits per heavy atom. The number of para-hydroxylation sites is 1. The lowest BCUT2D eigenvalue weighted by atomic mass is 10.2. The van der Waals surface area contributed by atoms with Crippen LogP contribution in [0.4, 0.5) is 5.69 Å². The second-order valence-corrected chi connectivity index (χ2v) is 11.6. The van der Waals surface area contributed by atoms with Gasteiger partial charge in [0.1, 0.15) is 12.4 Å². The minimum absolute atomic E-state index is 0.0273. The molecule has 0 saturated heterocycles. The maximum absolute atomic E-state index is 13.5. The van der Waals surface area contributed by atoms with Crippen molar-refractivity contribution in [2.24, 2.45) is 0 Å². The largest absolute Gasteiger partial charge is 0.364 e. The molecule has 212 valence electrons. The Kier molecular flexibility index (Phi) is 10.2. The van der Waals surface area contributed by atoms with Crippen LogP contribution in [0, 0.1) is 0 Å². The topological polar surface area (TPSA) is 121 Å². The zero-order chi connectivity index (χ0) is 28.5. The molecule has 2 aromatic carbocycles. The van der Waals surface area contributed by atoms with Crippen LogP contribution in [0.5, 0.6) is 0 Å². The molecule has 1 unspecified atom stereocenters. The van der Waals surface area contributed by atoms with Gasteiger partial charge in [0, 0.05) is 45.2 Å². The molecular formula is C28H32N4O6S2. The van der Waals surface area contributed by atoms with E-state index in [4.69, 9.17) is 14.2 Å². The average Bonchev–Trinajstić information content (AvgIpc) is 3.35. The lowest BCUT2D eigenvalue weighted by Gasteiger charge is -2.25. The number of sulfonamides is 1. The van der Waals surface area contributed by atoms with Crippen molar-refractivity contribution in [2.45, 2.75) is 29.0 Å². The summed E-state index contributed by atoms with van der Waals surface area (Å²) in [6.45, 7) is 0.301. The number of anilines is 1. The van der Waals surface area contributed by atoms with E-state index in [1.807, 2.05) is 30.3 Å². The van der Waals surface area contributed by atoms with Gasteiger partial charge in [0.25, 0.3) is 15.9 Å². The van der Waals surface area contributed by atoms with E-state index in [0.717, 1.165) is 5.56 Å². The van der Waals surface area contributed by atoms with Crippen molar-refractivity contribution in [3.63, 3.8) is 0 Å². The number of hydrogen-bond donors (Lipinski definition) is 2. The highest BCUT2D eigenvalue weighted by Gasteiger charge is 2.25. The number of hydrogen-bond acceptors (Lipinski definition) is 8. The van der Waals surface area contributed by atoms with E-state index in [9.17, 15) is 13.2 Å². The molecule has 4 aromatic rings. The fourth-order valence-corrected chi connectivity index (χ4v) is 6.45. The Morgan fingerprint density at radius 2 is 1.75 bits per heavy atom. The first-order chi connectivity index (χ1) is 19.4. The molecule has 12 heteroatoms. The number of pyridine rings is 1. The summed E-state index contributed by atoms with van der Waals surface area (Å²) in [5.74, 6) is 0.372. The van der Waals surface area contributed by atoms with Gasteiger partial charge in [0.15, 0.2) is 11.3 Å². The number of fused-ring (bicyclic) bond motifs is 1. The second kappa shape index (κ2) is 13.8. The molecule has 10 nitrogen and oxygen atoms in total. The lowest BCUT2D eigenvalue weighted by Crippen LogP contribution is -2.39. The summed E-state index contributed by atoms with van der Waals surface area (Å²) in [6.07, 6.45) is 0.875. The van der Waals surface area contributed by atoms with Crippen LogP contribution in [-0.2, 0) is 36.7 Å². The molecule has 1 amide bonds. The van der Waals surface area contributed by atoms with Crippen molar-refractivity contribution in [1.29, 1.82) is 0 Å². The second-order valence-electron chi connectivity index (χ2n) is 8.78. The number of ether oxygens (including phenoxy) is 3. The van der Waals surface area contributed by atoms with Crippen LogP contribution < -0.4 is 10.0 Å². The Labute approximate surface area is 238 Å². The number of thioether (sulfide) groups is 1. The van der Waals surface area contributed by atoms with E-state index >= 15 is 0 Å². The Morgan fingerprint density at radius 3 is 2.42 bits per heavy atom. The van der Waals surface area contributed by atoms with Crippen LogP contribution in [0.15, 0.2) is 84.0 Å². The minimum atomic E-state index is -3.96. The van der Waals surface area contributed by atoms with Crippen LogP contribution >= 0.6 is 11.8 Å². The van der Waals surface area contributed by atoms with E-state index in [-0.39, 0.29) is 29.5 Å². The van der Waals surface area contributed by atoms with Gasteiger partial charge >= 0.3 is 0 Å². The van der Waals surface area contributed by atoms with Crippen LogP contribution in [0.1, 0.15) is 16.1 Å². The third kappa shape index (κ3) is 7.01. The molecule has 2 heterocycles. The van der Waals surface area contributed by atoms with Gasteiger partial charge in [-0.15, -0.1) is 11.8 Å².